The molecule has 1 fully saturated rings. The first-order valence-corrected chi connectivity index (χ1v) is 14.0. The van der Waals surface area contributed by atoms with E-state index in [0.717, 1.165) is 36.3 Å². The molecule has 0 bridgehead atoms. The molecule has 5 rings (SSSR count). The van der Waals surface area contributed by atoms with E-state index in [4.69, 9.17) is 18.9 Å². The van der Waals surface area contributed by atoms with Crippen molar-refractivity contribution in [1.82, 2.24) is 15.5 Å². The smallest absolute Gasteiger partial charge is 0.234 e. The van der Waals surface area contributed by atoms with Crippen molar-refractivity contribution in [3.63, 3.8) is 0 Å². The van der Waals surface area contributed by atoms with E-state index in [2.05, 4.69) is 65.0 Å². The van der Waals surface area contributed by atoms with E-state index in [1.807, 2.05) is 12.1 Å². The summed E-state index contributed by atoms with van der Waals surface area (Å²) in [6, 6.07) is 10.8. The fraction of sp³-hybridized carbons (Fsp3) is 0.469. The van der Waals surface area contributed by atoms with Gasteiger partial charge in [-0.1, -0.05) is 30.4 Å². The summed E-state index contributed by atoms with van der Waals surface area (Å²) in [6.07, 6.45) is 11.0. The number of benzene rings is 2. The van der Waals surface area contributed by atoms with E-state index in [1.165, 1.54) is 5.56 Å². The number of hydrogen-bond donors (Lipinski definition) is 2. The molecular formula is C32H41N3O5. The molecule has 5 unspecified atom stereocenters. The number of methoxy groups -OCH3 is 4. The van der Waals surface area contributed by atoms with Crippen LogP contribution in [0.1, 0.15) is 36.1 Å². The molecule has 1 saturated heterocycles. The second-order valence-electron chi connectivity index (χ2n) is 10.9. The zero-order chi connectivity index (χ0) is 28.2. The number of fused-ring (bicyclic) bond motifs is 2. The van der Waals surface area contributed by atoms with Gasteiger partial charge in [0, 0.05) is 36.6 Å². The molecule has 2 aromatic rings. The average Bonchev–Trinajstić information content (AvgIpc) is 2.97. The van der Waals surface area contributed by atoms with Gasteiger partial charge in [0.05, 0.1) is 35.0 Å². The molecule has 0 saturated carbocycles. The number of nitrogens with zero attached hydrogens (tertiary/aromatic N) is 1. The van der Waals surface area contributed by atoms with Gasteiger partial charge >= 0.3 is 0 Å². The van der Waals surface area contributed by atoms with Gasteiger partial charge in [-0.2, -0.15) is 0 Å². The van der Waals surface area contributed by atoms with Crippen molar-refractivity contribution in [2.75, 3.05) is 41.5 Å². The molecule has 2 heterocycles. The van der Waals surface area contributed by atoms with Gasteiger partial charge in [-0.25, -0.2) is 0 Å². The van der Waals surface area contributed by atoms with E-state index in [1.54, 1.807) is 28.4 Å². The van der Waals surface area contributed by atoms with Crippen LogP contribution in [0.3, 0.4) is 0 Å². The monoisotopic (exact) mass is 547 g/mol. The van der Waals surface area contributed by atoms with Crippen LogP contribution in [-0.2, 0) is 17.6 Å². The highest BCUT2D eigenvalue weighted by molar-refractivity contribution is 5.78. The quantitative estimate of drug-likeness (QED) is 0.494. The lowest BCUT2D eigenvalue weighted by Crippen LogP contribution is -2.58. The SMILES string of the molecule is COc1ccc(CC2c3cc(OC)c(OC)cc3CCN2CC(=O)NC2CC(C)NC3C=CC=CC32)cc1OC. The molecule has 5 atom stereocenters. The molecule has 1 amide bonds. The van der Waals surface area contributed by atoms with Crippen LogP contribution in [0.5, 0.6) is 23.0 Å². The highest BCUT2D eigenvalue weighted by Crippen LogP contribution is 2.40. The third kappa shape index (κ3) is 5.83. The summed E-state index contributed by atoms with van der Waals surface area (Å²) in [5, 5.41) is 7.04. The summed E-state index contributed by atoms with van der Waals surface area (Å²) in [7, 11) is 6.60. The Balaban J connectivity index is 1.40. The Labute approximate surface area is 237 Å². The van der Waals surface area contributed by atoms with Crippen molar-refractivity contribution in [3.05, 3.63) is 71.3 Å². The number of hydrogen-bond acceptors (Lipinski definition) is 7. The molecular weight excluding hydrogens is 506 g/mol. The molecule has 0 aromatic heterocycles. The van der Waals surface area contributed by atoms with Crippen LogP contribution in [0.4, 0.5) is 0 Å². The molecule has 40 heavy (non-hydrogen) atoms. The van der Waals surface area contributed by atoms with Crippen LogP contribution in [0.25, 0.3) is 0 Å². The fourth-order valence-corrected chi connectivity index (χ4v) is 6.44. The first-order valence-electron chi connectivity index (χ1n) is 14.0. The zero-order valence-corrected chi connectivity index (χ0v) is 24.1. The number of amides is 1. The van der Waals surface area contributed by atoms with E-state index in [9.17, 15) is 4.79 Å². The number of rotatable bonds is 9. The lowest BCUT2D eigenvalue weighted by Gasteiger charge is -2.42. The minimum absolute atomic E-state index is 0.0235. The zero-order valence-electron chi connectivity index (χ0n) is 24.1. The summed E-state index contributed by atoms with van der Waals surface area (Å²) in [6.45, 7) is 3.27. The van der Waals surface area contributed by atoms with Crippen molar-refractivity contribution >= 4 is 5.91 Å². The molecule has 214 valence electrons. The molecule has 2 aromatic carbocycles. The Kier molecular flexibility index (Phi) is 8.66. The minimum atomic E-state index is -0.0235. The van der Waals surface area contributed by atoms with Crippen molar-refractivity contribution in [2.45, 2.75) is 50.4 Å². The number of nitrogens with one attached hydrogen (secondary N) is 2. The Hall–Kier alpha value is -3.49. The molecule has 8 nitrogen and oxygen atoms in total. The van der Waals surface area contributed by atoms with Gasteiger partial charge in [0.1, 0.15) is 0 Å². The summed E-state index contributed by atoms with van der Waals surface area (Å²) in [5.74, 6) is 3.11. The minimum Gasteiger partial charge on any atom is -0.493 e. The normalized spacial score (nSPS) is 25.5. The van der Waals surface area contributed by atoms with Gasteiger partial charge in [-0.15, -0.1) is 0 Å². The van der Waals surface area contributed by atoms with Crippen molar-refractivity contribution in [3.8, 4) is 23.0 Å². The van der Waals surface area contributed by atoms with E-state index >= 15 is 0 Å². The largest absolute Gasteiger partial charge is 0.493 e. The van der Waals surface area contributed by atoms with Crippen molar-refractivity contribution in [1.29, 1.82) is 0 Å². The maximum atomic E-state index is 13.6. The standard InChI is InChI=1S/C32H41N3O5/c1-20-14-26(23-8-6-7-9-25(23)33-20)34-32(36)19-35-13-12-22-17-30(39-4)31(40-5)18-24(22)27(35)15-21-10-11-28(37-2)29(16-21)38-3/h6-11,16-18,20,23,25-27,33H,12-15,19H2,1-5H3,(H,34,36). The van der Waals surface area contributed by atoms with Gasteiger partial charge in [0.15, 0.2) is 23.0 Å². The maximum absolute atomic E-state index is 13.6. The fourth-order valence-electron chi connectivity index (χ4n) is 6.44. The first-order chi connectivity index (χ1) is 19.4. The number of allylic oxidation sites excluding steroid dienone is 2. The van der Waals surface area contributed by atoms with Crippen LogP contribution in [-0.4, -0.2) is 70.5 Å². The molecule has 8 heteroatoms. The van der Waals surface area contributed by atoms with Gasteiger partial charge in [0.2, 0.25) is 5.91 Å². The molecule has 3 aliphatic rings. The van der Waals surface area contributed by atoms with Crippen LogP contribution in [0.15, 0.2) is 54.6 Å². The van der Waals surface area contributed by atoms with E-state index in [-0.39, 0.29) is 30.0 Å². The lowest BCUT2D eigenvalue weighted by atomic mass is 9.81. The number of carbonyl (C=O) groups is 1. The van der Waals surface area contributed by atoms with Crippen molar-refractivity contribution in [2.24, 2.45) is 5.92 Å². The second kappa shape index (κ2) is 12.4. The Morgan fingerprint density at radius 2 is 1.65 bits per heavy atom. The third-order valence-electron chi connectivity index (χ3n) is 8.41. The van der Waals surface area contributed by atoms with Crippen LogP contribution in [0, 0.1) is 5.92 Å². The first kappa shape index (κ1) is 28.1. The Morgan fingerprint density at radius 1 is 0.950 bits per heavy atom. The van der Waals surface area contributed by atoms with Crippen LogP contribution < -0.4 is 29.6 Å². The van der Waals surface area contributed by atoms with Gasteiger partial charge in [-0.05, 0) is 67.1 Å². The summed E-state index contributed by atoms with van der Waals surface area (Å²) in [4.78, 5) is 15.9. The van der Waals surface area contributed by atoms with E-state index in [0.29, 0.717) is 36.3 Å². The topological polar surface area (TPSA) is 81.3 Å². The summed E-state index contributed by atoms with van der Waals surface area (Å²) >= 11 is 0. The second-order valence-corrected chi connectivity index (χ2v) is 10.9. The predicted molar refractivity (Wildman–Crippen MR) is 156 cm³/mol. The van der Waals surface area contributed by atoms with E-state index < -0.39 is 0 Å². The Morgan fingerprint density at radius 3 is 2.40 bits per heavy atom. The van der Waals surface area contributed by atoms with Crippen LogP contribution in [0.2, 0.25) is 0 Å². The lowest BCUT2D eigenvalue weighted by molar-refractivity contribution is -0.124. The average molecular weight is 548 g/mol. The molecule has 2 N–H and O–H groups in total. The number of piperidine rings is 1. The molecule has 2 aliphatic heterocycles. The van der Waals surface area contributed by atoms with Gasteiger partial charge in [-0.3, -0.25) is 9.69 Å². The van der Waals surface area contributed by atoms with Gasteiger partial charge < -0.3 is 29.6 Å². The number of ether oxygens (including phenoxy) is 4. The summed E-state index contributed by atoms with van der Waals surface area (Å²) in [5.41, 5.74) is 3.47. The third-order valence-corrected chi connectivity index (χ3v) is 8.41. The van der Waals surface area contributed by atoms with Crippen LogP contribution >= 0.6 is 0 Å². The molecule has 0 radical (unpaired) electrons. The van der Waals surface area contributed by atoms with Gasteiger partial charge in [0.25, 0.3) is 0 Å². The summed E-state index contributed by atoms with van der Waals surface area (Å²) < 4.78 is 22.3. The number of carbonyl (C=O) groups excluding carboxylic acids is 1. The highest BCUT2D eigenvalue weighted by Gasteiger charge is 2.36. The highest BCUT2D eigenvalue weighted by atomic mass is 16.5. The molecule has 1 aliphatic carbocycles. The predicted octanol–water partition coefficient (Wildman–Crippen LogP) is 3.84. The maximum Gasteiger partial charge on any atom is 0.234 e. The Bertz CT molecular complexity index is 1280. The van der Waals surface area contributed by atoms with Crippen molar-refractivity contribution < 1.29 is 23.7 Å². The molecule has 0 spiro atoms.